The Morgan fingerprint density at radius 3 is 2.59 bits per heavy atom. The highest BCUT2D eigenvalue weighted by molar-refractivity contribution is 5.89. The molecule has 3 rings (SSSR count). The molecule has 3 nitrogen and oxygen atoms in total. The van der Waals surface area contributed by atoms with Gasteiger partial charge in [0.2, 0.25) is 0 Å². The smallest absolute Gasteiger partial charge is 0.137 e. The Balaban J connectivity index is 1.78. The lowest BCUT2D eigenvalue weighted by Crippen LogP contribution is -2.09. The zero-order valence-corrected chi connectivity index (χ0v) is 12.1. The number of aryl methyl sites for hydroxylation is 1. The number of benzene rings is 2. The molecule has 0 aliphatic carbocycles. The molecule has 0 spiro atoms. The summed E-state index contributed by atoms with van der Waals surface area (Å²) in [6, 6.07) is 9.79. The van der Waals surface area contributed by atoms with Crippen molar-refractivity contribution in [3.8, 4) is 0 Å². The summed E-state index contributed by atoms with van der Waals surface area (Å²) in [6.45, 7) is 2.38. The molecule has 0 aliphatic heterocycles. The summed E-state index contributed by atoms with van der Waals surface area (Å²) in [7, 11) is 0. The van der Waals surface area contributed by atoms with Gasteiger partial charge >= 0.3 is 0 Å². The molecule has 5 heteroatoms. The third-order valence-corrected chi connectivity index (χ3v) is 3.52. The molecule has 0 atom stereocenters. The topological polar surface area (TPSA) is 37.8 Å². The first-order valence-corrected chi connectivity index (χ1v) is 7.03. The minimum absolute atomic E-state index is 0.0875. The largest absolute Gasteiger partial charge is 0.369 e. The number of hydrogen-bond donors (Lipinski definition) is 1. The maximum Gasteiger partial charge on any atom is 0.137 e. The van der Waals surface area contributed by atoms with Gasteiger partial charge in [0, 0.05) is 17.5 Å². The van der Waals surface area contributed by atoms with Crippen molar-refractivity contribution in [1.29, 1.82) is 0 Å². The first-order valence-electron chi connectivity index (χ1n) is 7.03. The van der Waals surface area contributed by atoms with E-state index in [0.717, 1.165) is 16.5 Å². The molecule has 0 bridgehead atoms. The monoisotopic (exact) mass is 299 g/mol. The van der Waals surface area contributed by atoms with E-state index in [1.54, 1.807) is 0 Å². The van der Waals surface area contributed by atoms with Crippen LogP contribution in [0.2, 0.25) is 0 Å². The van der Waals surface area contributed by atoms with E-state index in [1.165, 1.54) is 24.5 Å². The highest BCUT2D eigenvalue weighted by Gasteiger charge is 2.09. The summed E-state index contributed by atoms with van der Waals surface area (Å²) in [4.78, 5) is 8.42. The van der Waals surface area contributed by atoms with Gasteiger partial charge in [-0.3, -0.25) is 0 Å². The summed E-state index contributed by atoms with van der Waals surface area (Å²) < 4.78 is 27.2. The minimum Gasteiger partial charge on any atom is -0.369 e. The van der Waals surface area contributed by atoms with Crippen LogP contribution in [0.1, 0.15) is 11.1 Å². The Morgan fingerprint density at radius 1 is 1.05 bits per heavy atom. The van der Waals surface area contributed by atoms with E-state index in [9.17, 15) is 8.78 Å². The molecule has 22 heavy (non-hydrogen) atoms. The Morgan fingerprint density at radius 2 is 1.82 bits per heavy atom. The number of anilines is 1. The van der Waals surface area contributed by atoms with E-state index in [4.69, 9.17) is 0 Å². The van der Waals surface area contributed by atoms with E-state index >= 15 is 0 Å². The molecule has 1 N–H and O–H groups in total. The van der Waals surface area contributed by atoms with Crippen LogP contribution in [0.15, 0.2) is 42.7 Å². The molecule has 2 aromatic carbocycles. The average molecular weight is 299 g/mol. The van der Waals surface area contributed by atoms with Gasteiger partial charge < -0.3 is 5.32 Å². The lowest BCUT2D eigenvalue weighted by atomic mass is 10.1. The highest BCUT2D eigenvalue weighted by Crippen LogP contribution is 2.20. The average Bonchev–Trinajstić information content (AvgIpc) is 2.50. The minimum atomic E-state index is -0.523. The lowest BCUT2D eigenvalue weighted by molar-refractivity contribution is 0.557. The summed E-state index contributed by atoms with van der Waals surface area (Å²) >= 11 is 0. The van der Waals surface area contributed by atoms with Gasteiger partial charge in [-0.15, -0.1) is 0 Å². The van der Waals surface area contributed by atoms with Crippen LogP contribution in [0, 0.1) is 18.6 Å². The zero-order valence-electron chi connectivity index (χ0n) is 12.1. The number of nitrogens with zero attached hydrogens (tertiary/aromatic N) is 2. The van der Waals surface area contributed by atoms with E-state index in [2.05, 4.69) is 15.3 Å². The second kappa shape index (κ2) is 6.05. The van der Waals surface area contributed by atoms with Gasteiger partial charge in [0.1, 0.15) is 23.8 Å². The van der Waals surface area contributed by atoms with Crippen molar-refractivity contribution in [3.63, 3.8) is 0 Å². The standard InChI is InChI=1S/C17H15F2N3/c1-11-5-6-16-13(9-11)17(22-10-21-16)20-8-7-12-14(18)3-2-4-15(12)19/h2-6,9-10H,7-8H2,1H3,(H,20,21,22). The molecule has 1 aromatic heterocycles. The Hall–Kier alpha value is -2.56. The summed E-state index contributed by atoms with van der Waals surface area (Å²) in [5.41, 5.74) is 2.02. The predicted molar refractivity (Wildman–Crippen MR) is 82.8 cm³/mol. The molecule has 0 radical (unpaired) electrons. The molecular formula is C17H15F2N3. The molecule has 0 unspecified atom stereocenters. The van der Waals surface area contributed by atoms with Crippen LogP contribution in [-0.4, -0.2) is 16.5 Å². The zero-order chi connectivity index (χ0) is 15.5. The van der Waals surface area contributed by atoms with Crippen molar-refractivity contribution in [1.82, 2.24) is 9.97 Å². The Labute approximate surface area is 127 Å². The fourth-order valence-electron chi connectivity index (χ4n) is 2.39. The fourth-order valence-corrected chi connectivity index (χ4v) is 2.39. The number of nitrogens with one attached hydrogen (secondary N) is 1. The SMILES string of the molecule is Cc1ccc2ncnc(NCCc3c(F)cccc3F)c2c1. The van der Waals surface area contributed by atoms with Crippen LogP contribution in [0.5, 0.6) is 0 Å². The molecular weight excluding hydrogens is 284 g/mol. The van der Waals surface area contributed by atoms with Crippen molar-refractivity contribution < 1.29 is 8.78 Å². The third-order valence-electron chi connectivity index (χ3n) is 3.52. The van der Waals surface area contributed by atoms with Gasteiger partial charge in [0.05, 0.1) is 5.52 Å². The van der Waals surface area contributed by atoms with Crippen molar-refractivity contribution in [2.75, 3.05) is 11.9 Å². The molecule has 1 heterocycles. The quantitative estimate of drug-likeness (QED) is 0.794. The number of hydrogen-bond acceptors (Lipinski definition) is 3. The van der Waals surface area contributed by atoms with Crippen molar-refractivity contribution in [2.24, 2.45) is 0 Å². The maximum atomic E-state index is 13.6. The predicted octanol–water partition coefficient (Wildman–Crippen LogP) is 3.87. The molecule has 112 valence electrons. The second-order valence-electron chi connectivity index (χ2n) is 5.12. The number of fused-ring (bicyclic) bond motifs is 1. The van der Waals surface area contributed by atoms with Crippen LogP contribution in [0.4, 0.5) is 14.6 Å². The van der Waals surface area contributed by atoms with Gasteiger partial charge in [-0.1, -0.05) is 17.7 Å². The van der Waals surface area contributed by atoms with E-state index < -0.39 is 11.6 Å². The second-order valence-corrected chi connectivity index (χ2v) is 5.12. The van der Waals surface area contributed by atoms with Crippen molar-refractivity contribution >= 4 is 16.7 Å². The van der Waals surface area contributed by atoms with E-state index in [-0.39, 0.29) is 12.0 Å². The molecule has 0 saturated heterocycles. The van der Waals surface area contributed by atoms with Crippen molar-refractivity contribution in [3.05, 3.63) is 65.5 Å². The van der Waals surface area contributed by atoms with Crippen LogP contribution < -0.4 is 5.32 Å². The van der Waals surface area contributed by atoms with Gasteiger partial charge in [0.15, 0.2) is 0 Å². The van der Waals surface area contributed by atoms with Gasteiger partial charge in [-0.05, 0) is 37.6 Å². The normalized spacial score (nSPS) is 10.9. The summed E-state index contributed by atoms with van der Waals surface area (Å²) in [6.07, 6.45) is 1.72. The highest BCUT2D eigenvalue weighted by atomic mass is 19.1. The van der Waals surface area contributed by atoms with Gasteiger partial charge in [0.25, 0.3) is 0 Å². The third kappa shape index (κ3) is 2.88. The fraction of sp³-hybridized carbons (Fsp3) is 0.176. The summed E-state index contributed by atoms with van der Waals surface area (Å²) in [5.74, 6) is -0.374. The first-order chi connectivity index (χ1) is 10.6. The van der Waals surface area contributed by atoms with Gasteiger partial charge in [-0.25, -0.2) is 18.7 Å². The number of rotatable bonds is 4. The van der Waals surface area contributed by atoms with E-state index in [1.807, 2.05) is 25.1 Å². The van der Waals surface area contributed by atoms with Crippen molar-refractivity contribution in [2.45, 2.75) is 13.3 Å². The van der Waals surface area contributed by atoms with Crippen LogP contribution in [-0.2, 0) is 6.42 Å². The molecule has 0 fully saturated rings. The lowest BCUT2D eigenvalue weighted by Gasteiger charge is -2.09. The number of halogens is 2. The van der Waals surface area contributed by atoms with Crippen LogP contribution in [0.3, 0.4) is 0 Å². The molecule has 0 aliphatic rings. The maximum absolute atomic E-state index is 13.6. The van der Waals surface area contributed by atoms with Crippen LogP contribution in [0.25, 0.3) is 10.9 Å². The Kier molecular flexibility index (Phi) is 3.96. The Bertz CT molecular complexity index is 798. The molecule has 3 aromatic rings. The molecule has 0 saturated carbocycles. The van der Waals surface area contributed by atoms with E-state index in [0.29, 0.717) is 12.4 Å². The summed E-state index contributed by atoms with van der Waals surface area (Å²) in [5, 5.41) is 4.03. The van der Waals surface area contributed by atoms with Crippen LogP contribution >= 0.6 is 0 Å². The first kappa shape index (κ1) is 14.4. The number of aromatic nitrogens is 2. The van der Waals surface area contributed by atoms with Gasteiger partial charge in [-0.2, -0.15) is 0 Å². The molecule has 0 amide bonds.